The van der Waals surface area contributed by atoms with Crippen molar-refractivity contribution in [3.05, 3.63) is 35.6 Å². The fraction of sp³-hybridized carbons (Fsp3) is 0.273. The monoisotopic (exact) mass is 226 g/mol. The van der Waals surface area contributed by atoms with Crippen molar-refractivity contribution in [2.45, 2.75) is 12.3 Å². The molecule has 0 bridgehead atoms. The number of hydrogen-bond acceptors (Lipinski definition) is 3. The quantitative estimate of drug-likeness (QED) is 0.791. The summed E-state index contributed by atoms with van der Waals surface area (Å²) >= 11 is 0. The Hall–Kier alpha value is -1.91. The molecule has 0 aliphatic rings. The largest absolute Gasteiger partial charge is 0.481 e. The van der Waals surface area contributed by atoms with Gasteiger partial charge in [-0.15, -0.1) is 0 Å². The predicted octanol–water partition coefficient (Wildman–Crippen LogP) is 1.56. The Morgan fingerprint density at radius 3 is 2.38 bits per heavy atom. The lowest BCUT2D eigenvalue weighted by Crippen LogP contribution is -2.17. The van der Waals surface area contributed by atoms with Crippen LogP contribution >= 0.6 is 0 Å². The summed E-state index contributed by atoms with van der Waals surface area (Å²) < 4.78 is 17.2. The van der Waals surface area contributed by atoms with Crippen LogP contribution in [0.1, 0.15) is 17.9 Å². The van der Waals surface area contributed by atoms with Gasteiger partial charge < -0.3 is 9.84 Å². The molecule has 1 N–H and O–H groups in total. The number of esters is 1. The number of carbonyl (C=O) groups is 2. The van der Waals surface area contributed by atoms with Crippen LogP contribution in [-0.4, -0.2) is 24.2 Å². The van der Waals surface area contributed by atoms with Gasteiger partial charge in [0.25, 0.3) is 0 Å². The number of ether oxygens (including phenoxy) is 1. The van der Waals surface area contributed by atoms with Crippen LogP contribution in [0.2, 0.25) is 0 Å². The third-order valence-electron chi connectivity index (χ3n) is 2.14. The molecule has 1 rings (SSSR count). The number of carboxylic acids is 1. The SMILES string of the molecule is COC(=O)C(CC(=O)O)c1ccc(F)cc1. The third-order valence-corrected chi connectivity index (χ3v) is 2.14. The van der Waals surface area contributed by atoms with Crippen LogP contribution in [0, 0.1) is 5.82 Å². The summed E-state index contributed by atoms with van der Waals surface area (Å²) in [5, 5.41) is 8.66. The number of methoxy groups -OCH3 is 1. The van der Waals surface area contributed by atoms with Crippen molar-refractivity contribution >= 4 is 11.9 Å². The van der Waals surface area contributed by atoms with Gasteiger partial charge in [-0.2, -0.15) is 0 Å². The molecule has 0 aromatic heterocycles. The van der Waals surface area contributed by atoms with E-state index in [1.807, 2.05) is 0 Å². The number of aliphatic carboxylic acids is 1. The van der Waals surface area contributed by atoms with Gasteiger partial charge >= 0.3 is 11.9 Å². The van der Waals surface area contributed by atoms with E-state index in [1.54, 1.807) is 0 Å². The maximum absolute atomic E-state index is 12.7. The molecule has 16 heavy (non-hydrogen) atoms. The second-order valence-corrected chi connectivity index (χ2v) is 3.23. The first kappa shape index (κ1) is 12.2. The van der Waals surface area contributed by atoms with Crippen LogP contribution in [0.25, 0.3) is 0 Å². The molecular weight excluding hydrogens is 215 g/mol. The Labute approximate surface area is 91.7 Å². The molecule has 1 aromatic carbocycles. The summed E-state index contributed by atoms with van der Waals surface area (Å²) in [5.74, 6) is -3.10. The van der Waals surface area contributed by atoms with Crippen molar-refractivity contribution in [2.75, 3.05) is 7.11 Å². The summed E-state index contributed by atoms with van der Waals surface area (Å²) in [7, 11) is 1.18. The zero-order valence-corrected chi connectivity index (χ0v) is 8.64. The maximum atomic E-state index is 12.7. The molecule has 0 aliphatic carbocycles. The Morgan fingerprint density at radius 2 is 1.94 bits per heavy atom. The van der Waals surface area contributed by atoms with Crippen molar-refractivity contribution in [3.63, 3.8) is 0 Å². The second-order valence-electron chi connectivity index (χ2n) is 3.23. The van der Waals surface area contributed by atoms with Crippen LogP contribution in [0.3, 0.4) is 0 Å². The molecule has 4 nitrogen and oxygen atoms in total. The van der Waals surface area contributed by atoms with Crippen molar-refractivity contribution in [3.8, 4) is 0 Å². The van der Waals surface area contributed by atoms with Gasteiger partial charge in [-0.3, -0.25) is 9.59 Å². The smallest absolute Gasteiger partial charge is 0.313 e. The lowest BCUT2D eigenvalue weighted by atomic mass is 9.96. The Morgan fingerprint density at radius 1 is 1.38 bits per heavy atom. The molecule has 0 radical (unpaired) electrons. The molecule has 0 spiro atoms. The molecule has 5 heteroatoms. The molecular formula is C11H11FO4. The van der Waals surface area contributed by atoms with E-state index >= 15 is 0 Å². The molecule has 0 heterocycles. The maximum Gasteiger partial charge on any atom is 0.313 e. The second kappa shape index (κ2) is 5.25. The Bertz CT molecular complexity index is 385. The number of hydrogen-bond donors (Lipinski definition) is 1. The van der Waals surface area contributed by atoms with Gasteiger partial charge in [-0.1, -0.05) is 12.1 Å². The van der Waals surface area contributed by atoms with Crippen molar-refractivity contribution in [1.82, 2.24) is 0 Å². The van der Waals surface area contributed by atoms with Gasteiger partial charge in [0, 0.05) is 0 Å². The predicted molar refractivity (Wildman–Crippen MR) is 53.4 cm³/mol. The summed E-state index contributed by atoms with van der Waals surface area (Å²) in [4.78, 5) is 21.9. The molecule has 0 saturated carbocycles. The number of halogens is 1. The zero-order valence-electron chi connectivity index (χ0n) is 8.64. The lowest BCUT2D eigenvalue weighted by Gasteiger charge is -2.12. The first-order chi connectivity index (χ1) is 7.54. The minimum absolute atomic E-state index is 0.377. The average molecular weight is 226 g/mol. The minimum Gasteiger partial charge on any atom is -0.481 e. The summed E-state index contributed by atoms with van der Waals surface area (Å²) in [6, 6.07) is 5.10. The average Bonchev–Trinajstić information content (AvgIpc) is 2.26. The molecule has 0 amide bonds. The van der Waals surface area contributed by atoms with E-state index in [2.05, 4.69) is 4.74 Å². The van der Waals surface area contributed by atoms with Crippen molar-refractivity contribution in [1.29, 1.82) is 0 Å². The van der Waals surface area contributed by atoms with Gasteiger partial charge in [0.05, 0.1) is 19.4 Å². The first-order valence-electron chi connectivity index (χ1n) is 4.59. The van der Waals surface area contributed by atoms with Crippen LogP contribution in [-0.2, 0) is 14.3 Å². The van der Waals surface area contributed by atoms with Crippen molar-refractivity contribution < 1.29 is 23.8 Å². The topological polar surface area (TPSA) is 63.6 Å². The number of rotatable bonds is 4. The lowest BCUT2D eigenvalue weighted by molar-refractivity contribution is -0.147. The van der Waals surface area contributed by atoms with Gasteiger partial charge in [-0.05, 0) is 17.7 Å². The van der Waals surface area contributed by atoms with Crippen LogP contribution in [0.15, 0.2) is 24.3 Å². The van der Waals surface area contributed by atoms with Gasteiger partial charge in [-0.25, -0.2) is 4.39 Å². The van der Waals surface area contributed by atoms with Crippen LogP contribution < -0.4 is 0 Å². The van der Waals surface area contributed by atoms with E-state index in [9.17, 15) is 14.0 Å². The fourth-order valence-corrected chi connectivity index (χ4v) is 1.35. The molecule has 0 aliphatic heterocycles. The van der Waals surface area contributed by atoms with E-state index in [-0.39, 0.29) is 6.42 Å². The molecule has 1 aromatic rings. The molecule has 0 fully saturated rings. The minimum atomic E-state index is -1.11. The highest BCUT2D eigenvalue weighted by Crippen LogP contribution is 2.21. The standard InChI is InChI=1S/C11H11FO4/c1-16-11(15)9(6-10(13)14)7-2-4-8(12)5-3-7/h2-5,9H,6H2,1H3,(H,13,14). The third kappa shape index (κ3) is 3.05. The normalized spacial score (nSPS) is 11.9. The van der Waals surface area contributed by atoms with E-state index in [1.165, 1.54) is 31.4 Å². The van der Waals surface area contributed by atoms with E-state index < -0.39 is 23.7 Å². The van der Waals surface area contributed by atoms with Crippen molar-refractivity contribution in [2.24, 2.45) is 0 Å². The summed E-state index contributed by atoms with van der Waals surface area (Å²) in [6.45, 7) is 0. The highest BCUT2D eigenvalue weighted by atomic mass is 19.1. The highest BCUT2D eigenvalue weighted by molar-refractivity contribution is 5.83. The number of carboxylic acid groups (broad SMARTS) is 1. The molecule has 0 saturated heterocycles. The van der Waals surface area contributed by atoms with E-state index in [0.29, 0.717) is 5.56 Å². The molecule has 1 unspecified atom stereocenters. The van der Waals surface area contributed by atoms with Gasteiger partial charge in [0.2, 0.25) is 0 Å². The molecule has 86 valence electrons. The van der Waals surface area contributed by atoms with Gasteiger partial charge in [0.1, 0.15) is 5.82 Å². The Balaban J connectivity index is 2.96. The van der Waals surface area contributed by atoms with E-state index in [0.717, 1.165) is 0 Å². The van der Waals surface area contributed by atoms with Crippen LogP contribution in [0.4, 0.5) is 4.39 Å². The zero-order chi connectivity index (χ0) is 12.1. The fourth-order valence-electron chi connectivity index (χ4n) is 1.35. The highest BCUT2D eigenvalue weighted by Gasteiger charge is 2.24. The number of carbonyl (C=O) groups excluding carboxylic acids is 1. The molecule has 1 atom stereocenters. The first-order valence-corrected chi connectivity index (χ1v) is 4.59. The van der Waals surface area contributed by atoms with Gasteiger partial charge in [0.15, 0.2) is 0 Å². The van der Waals surface area contributed by atoms with Crippen LogP contribution in [0.5, 0.6) is 0 Å². The van der Waals surface area contributed by atoms with E-state index in [4.69, 9.17) is 5.11 Å². The Kier molecular flexibility index (Phi) is 3.99. The summed E-state index contributed by atoms with van der Waals surface area (Å²) in [5.41, 5.74) is 0.427. The number of benzene rings is 1. The summed E-state index contributed by atoms with van der Waals surface area (Å²) in [6.07, 6.45) is -0.377.